The van der Waals surface area contributed by atoms with E-state index in [9.17, 15) is 13.2 Å². The van der Waals surface area contributed by atoms with E-state index in [4.69, 9.17) is 0 Å². The van der Waals surface area contributed by atoms with E-state index in [2.05, 4.69) is 15.9 Å². The molecule has 1 aliphatic rings. The lowest BCUT2D eigenvalue weighted by Crippen LogP contribution is -2.30. The van der Waals surface area contributed by atoms with E-state index in [0.29, 0.717) is 30.8 Å². The first-order valence-electron chi connectivity index (χ1n) is 9.06. The number of para-hydroxylation sites is 1. The maximum Gasteiger partial charge on any atom is 0.264 e. The molecular formula is C21H19BrN2O3S2. The van der Waals surface area contributed by atoms with Crippen LogP contribution in [0.25, 0.3) is 0 Å². The summed E-state index contributed by atoms with van der Waals surface area (Å²) >= 11 is 4.99. The lowest BCUT2D eigenvalue weighted by molar-refractivity contribution is 0.0786. The number of carbonyl (C=O) groups is 1. The Morgan fingerprint density at radius 1 is 1.14 bits per heavy atom. The zero-order valence-corrected chi connectivity index (χ0v) is 18.9. The molecule has 4 rings (SSSR count). The fraction of sp³-hybridized carbons (Fsp3) is 0.190. The van der Waals surface area contributed by atoms with Crippen LogP contribution in [-0.2, 0) is 23.0 Å². The fourth-order valence-electron chi connectivity index (χ4n) is 3.44. The van der Waals surface area contributed by atoms with E-state index in [0.717, 1.165) is 14.2 Å². The molecule has 150 valence electrons. The van der Waals surface area contributed by atoms with Crippen LogP contribution in [-0.4, -0.2) is 32.8 Å². The number of nitrogens with zero attached hydrogens (tertiary/aromatic N) is 2. The van der Waals surface area contributed by atoms with Gasteiger partial charge in [0.15, 0.2) is 0 Å². The molecule has 0 bridgehead atoms. The van der Waals surface area contributed by atoms with Crippen LogP contribution in [0.1, 0.15) is 20.8 Å². The maximum atomic E-state index is 13.2. The molecule has 1 aliphatic heterocycles. The van der Waals surface area contributed by atoms with Gasteiger partial charge < -0.3 is 4.90 Å². The average Bonchev–Trinajstić information content (AvgIpc) is 3.33. The molecule has 0 saturated heterocycles. The molecule has 3 aromatic rings. The normalized spacial score (nSPS) is 13.4. The summed E-state index contributed by atoms with van der Waals surface area (Å²) in [5.41, 5.74) is 2.09. The number of anilines is 1. The zero-order chi connectivity index (χ0) is 20.6. The number of rotatable bonds is 5. The molecule has 0 spiro atoms. The number of benzene rings is 2. The highest BCUT2D eigenvalue weighted by atomic mass is 79.9. The predicted molar refractivity (Wildman–Crippen MR) is 119 cm³/mol. The zero-order valence-electron chi connectivity index (χ0n) is 15.7. The van der Waals surface area contributed by atoms with E-state index < -0.39 is 10.0 Å². The highest BCUT2D eigenvalue weighted by Gasteiger charge is 2.31. The van der Waals surface area contributed by atoms with Crippen molar-refractivity contribution in [1.29, 1.82) is 0 Å². The Kier molecular flexibility index (Phi) is 5.50. The van der Waals surface area contributed by atoms with Crippen LogP contribution in [0.2, 0.25) is 0 Å². The van der Waals surface area contributed by atoms with Crippen molar-refractivity contribution in [1.82, 2.24) is 4.90 Å². The highest BCUT2D eigenvalue weighted by molar-refractivity contribution is 9.11. The Labute approximate surface area is 182 Å². The Hall–Kier alpha value is -2.16. The number of thiophene rings is 1. The molecule has 0 aliphatic carbocycles. The quantitative estimate of drug-likeness (QED) is 0.527. The number of hydrogen-bond donors (Lipinski definition) is 0. The third-order valence-electron chi connectivity index (χ3n) is 4.88. The smallest absolute Gasteiger partial charge is 0.264 e. The summed E-state index contributed by atoms with van der Waals surface area (Å²) in [6, 6.07) is 17.7. The first-order valence-corrected chi connectivity index (χ1v) is 12.1. The molecule has 29 heavy (non-hydrogen) atoms. The molecule has 2 heterocycles. The Bertz CT molecular complexity index is 1170. The van der Waals surface area contributed by atoms with Gasteiger partial charge in [-0.05, 0) is 64.3 Å². The molecule has 8 heteroatoms. The van der Waals surface area contributed by atoms with Gasteiger partial charge in [0.2, 0.25) is 0 Å². The van der Waals surface area contributed by atoms with E-state index in [1.54, 1.807) is 41.5 Å². The SMILES string of the molecule is CN(Cc1ccc(Br)s1)C(=O)c1cccc(S(=O)(=O)N2CCc3ccccc32)c1. The maximum absolute atomic E-state index is 13.2. The number of halogens is 1. The molecule has 1 amide bonds. The lowest BCUT2D eigenvalue weighted by atomic mass is 10.2. The van der Waals surface area contributed by atoms with Crippen LogP contribution in [0.15, 0.2) is 69.3 Å². The number of carbonyl (C=O) groups excluding carboxylic acids is 1. The van der Waals surface area contributed by atoms with Gasteiger partial charge in [-0.1, -0.05) is 24.3 Å². The average molecular weight is 491 g/mol. The molecule has 0 fully saturated rings. The first-order chi connectivity index (χ1) is 13.9. The van der Waals surface area contributed by atoms with Crippen molar-refractivity contribution in [2.24, 2.45) is 0 Å². The van der Waals surface area contributed by atoms with Gasteiger partial charge in [0.1, 0.15) is 0 Å². The van der Waals surface area contributed by atoms with Crippen LogP contribution in [0, 0.1) is 0 Å². The number of hydrogen-bond acceptors (Lipinski definition) is 4. The summed E-state index contributed by atoms with van der Waals surface area (Å²) in [5.74, 6) is -0.214. The molecule has 0 unspecified atom stereocenters. The summed E-state index contributed by atoms with van der Waals surface area (Å²) in [6.07, 6.45) is 0.688. The topological polar surface area (TPSA) is 57.7 Å². The molecule has 2 aromatic carbocycles. The van der Waals surface area contributed by atoms with Crippen LogP contribution >= 0.6 is 27.3 Å². The molecule has 1 aromatic heterocycles. The van der Waals surface area contributed by atoms with Crippen LogP contribution in [0.5, 0.6) is 0 Å². The van der Waals surface area contributed by atoms with Crippen LogP contribution in [0.4, 0.5) is 5.69 Å². The molecule has 0 radical (unpaired) electrons. The van der Waals surface area contributed by atoms with Crippen LogP contribution < -0.4 is 4.31 Å². The molecule has 0 saturated carbocycles. The Morgan fingerprint density at radius 3 is 2.69 bits per heavy atom. The van der Waals surface area contributed by atoms with Gasteiger partial charge in [0.05, 0.1) is 20.9 Å². The number of amides is 1. The van der Waals surface area contributed by atoms with Gasteiger partial charge >= 0.3 is 0 Å². The fourth-order valence-corrected chi connectivity index (χ4v) is 6.52. The number of fused-ring (bicyclic) bond motifs is 1. The van der Waals surface area contributed by atoms with Gasteiger partial charge in [-0.15, -0.1) is 11.3 Å². The monoisotopic (exact) mass is 490 g/mol. The summed E-state index contributed by atoms with van der Waals surface area (Å²) < 4.78 is 28.9. The molecular weight excluding hydrogens is 472 g/mol. The van der Waals surface area contributed by atoms with Gasteiger partial charge in [-0.2, -0.15) is 0 Å². The molecule has 0 atom stereocenters. The Balaban J connectivity index is 1.59. The van der Waals surface area contributed by atoms with Crippen molar-refractivity contribution < 1.29 is 13.2 Å². The van der Waals surface area contributed by atoms with Gasteiger partial charge in [0.25, 0.3) is 15.9 Å². The van der Waals surface area contributed by atoms with Crippen molar-refractivity contribution in [3.63, 3.8) is 0 Å². The summed E-state index contributed by atoms with van der Waals surface area (Å²) in [4.78, 5) is 15.6. The second kappa shape index (κ2) is 7.93. The van der Waals surface area contributed by atoms with Crippen molar-refractivity contribution in [2.45, 2.75) is 17.9 Å². The summed E-state index contributed by atoms with van der Waals surface area (Å²) in [6.45, 7) is 0.874. The van der Waals surface area contributed by atoms with Gasteiger partial charge in [-0.25, -0.2) is 8.42 Å². The first kappa shape index (κ1) is 20.1. The largest absolute Gasteiger partial charge is 0.337 e. The minimum Gasteiger partial charge on any atom is -0.337 e. The minimum atomic E-state index is -3.73. The second-order valence-electron chi connectivity index (χ2n) is 6.85. The van der Waals surface area contributed by atoms with E-state index in [1.165, 1.54) is 10.4 Å². The predicted octanol–water partition coefficient (Wildman–Crippen LogP) is 4.53. The van der Waals surface area contributed by atoms with Crippen molar-refractivity contribution in [3.05, 3.63) is 80.5 Å². The summed E-state index contributed by atoms with van der Waals surface area (Å²) in [5, 5.41) is 0. The van der Waals surface area contributed by atoms with Crippen molar-refractivity contribution in [3.8, 4) is 0 Å². The standard InChI is InChI=1S/C21H19BrN2O3S2/c1-23(14-17-9-10-20(22)28-17)21(25)16-6-4-7-18(13-16)29(26,27)24-12-11-15-5-2-3-8-19(15)24/h2-10,13H,11-12,14H2,1H3. The van der Waals surface area contributed by atoms with Crippen LogP contribution in [0.3, 0.4) is 0 Å². The van der Waals surface area contributed by atoms with E-state index in [-0.39, 0.29) is 10.8 Å². The highest BCUT2D eigenvalue weighted by Crippen LogP contribution is 2.33. The van der Waals surface area contributed by atoms with Gasteiger partial charge in [-0.3, -0.25) is 9.10 Å². The third kappa shape index (κ3) is 3.97. The second-order valence-corrected chi connectivity index (χ2v) is 11.3. The molecule has 0 N–H and O–H groups in total. The third-order valence-corrected chi connectivity index (χ3v) is 8.30. The number of sulfonamides is 1. The van der Waals surface area contributed by atoms with Crippen molar-refractivity contribution >= 4 is 48.9 Å². The van der Waals surface area contributed by atoms with Gasteiger partial charge in [0, 0.05) is 24.0 Å². The Morgan fingerprint density at radius 2 is 1.93 bits per heavy atom. The summed E-state index contributed by atoms with van der Waals surface area (Å²) in [7, 11) is -2.01. The lowest BCUT2D eigenvalue weighted by Gasteiger charge is -2.21. The minimum absolute atomic E-state index is 0.132. The van der Waals surface area contributed by atoms with Crippen molar-refractivity contribution in [2.75, 3.05) is 17.9 Å². The van der Waals surface area contributed by atoms with E-state index in [1.807, 2.05) is 36.4 Å². The van der Waals surface area contributed by atoms with E-state index >= 15 is 0 Å². The molecule has 5 nitrogen and oxygen atoms in total.